The van der Waals surface area contributed by atoms with Crippen LogP contribution >= 0.6 is 0 Å². The molecule has 1 saturated carbocycles. The van der Waals surface area contributed by atoms with Gasteiger partial charge in [0.1, 0.15) is 0 Å². The van der Waals surface area contributed by atoms with Gasteiger partial charge in [0.25, 0.3) is 0 Å². The molecule has 1 saturated heterocycles. The predicted octanol–water partition coefficient (Wildman–Crippen LogP) is 4.16. The van der Waals surface area contributed by atoms with Crippen molar-refractivity contribution in [1.82, 2.24) is 0 Å². The summed E-state index contributed by atoms with van der Waals surface area (Å²) in [5, 5.41) is 0. The highest BCUT2D eigenvalue weighted by molar-refractivity contribution is 4.77. The van der Waals surface area contributed by atoms with E-state index in [-0.39, 0.29) is 0 Å². The zero-order valence-corrected chi connectivity index (χ0v) is 10.4. The van der Waals surface area contributed by atoms with Gasteiger partial charge >= 0.3 is 0 Å². The summed E-state index contributed by atoms with van der Waals surface area (Å²) in [5.41, 5.74) is 0.619. The Morgan fingerprint density at radius 3 is 2.67 bits per heavy atom. The molecule has 2 fully saturated rings. The van der Waals surface area contributed by atoms with E-state index in [9.17, 15) is 0 Å². The molecule has 1 nitrogen and oxygen atoms in total. The van der Waals surface area contributed by atoms with Crippen molar-refractivity contribution in [2.75, 3.05) is 6.61 Å². The lowest BCUT2D eigenvalue weighted by molar-refractivity contribution is 0.303. The van der Waals surface area contributed by atoms with Gasteiger partial charge in [-0.15, -0.1) is 0 Å². The van der Waals surface area contributed by atoms with E-state index in [0.29, 0.717) is 11.5 Å². The Morgan fingerprint density at radius 1 is 1.13 bits per heavy atom. The predicted molar refractivity (Wildman–Crippen MR) is 63.9 cm³/mol. The fraction of sp³-hybridized carbons (Fsp3) is 1.00. The second-order valence-electron chi connectivity index (χ2n) is 6.35. The van der Waals surface area contributed by atoms with Gasteiger partial charge in [0, 0.05) is 0 Å². The molecule has 0 bridgehead atoms. The Morgan fingerprint density at radius 2 is 1.93 bits per heavy atom. The van der Waals surface area contributed by atoms with Gasteiger partial charge in [-0.05, 0) is 37.0 Å². The van der Waals surface area contributed by atoms with Crippen LogP contribution in [0.4, 0.5) is 0 Å². The standard InChI is InChI=1S/C14H26O/c1-14(2)9-4-6-12(8-10-14)5-3-7-13-11-15-13/h12-13H,3-11H2,1-2H3. The van der Waals surface area contributed by atoms with Crippen molar-refractivity contribution in [3.05, 3.63) is 0 Å². The molecule has 88 valence electrons. The number of hydrogen-bond donors (Lipinski definition) is 0. The van der Waals surface area contributed by atoms with Crippen LogP contribution in [0.1, 0.15) is 65.2 Å². The summed E-state index contributed by atoms with van der Waals surface area (Å²) >= 11 is 0. The zero-order valence-electron chi connectivity index (χ0n) is 10.4. The topological polar surface area (TPSA) is 12.5 Å². The van der Waals surface area contributed by atoms with E-state index < -0.39 is 0 Å². The summed E-state index contributed by atoms with van der Waals surface area (Å²) in [4.78, 5) is 0. The molecule has 1 heteroatoms. The summed E-state index contributed by atoms with van der Waals surface area (Å²) in [5.74, 6) is 1.02. The summed E-state index contributed by atoms with van der Waals surface area (Å²) < 4.78 is 5.26. The average molecular weight is 210 g/mol. The summed E-state index contributed by atoms with van der Waals surface area (Å²) in [6.07, 6.45) is 12.1. The molecule has 2 rings (SSSR count). The van der Waals surface area contributed by atoms with Crippen LogP contribution in [0.3, 0.4) is 0 Å². The van der Waals surface area contributed by atoms with Gasteiger partial charge in [-0.2, -0.15) is 0 Å². The maximum absolute atomic E-state index is 5.26. The minimum atomic E-state index is 0.619. The van der Waals surface area contributed by atoms with Gasteiger partial charge in [0.2, 0.25) is 0 Å². The molecule has 2 unspecified atom stereocenters. The van der Waals surface area contributed by atoms with Crippen LogP contribution < -0.4 is 0 Å². The first kappa shape index (κ1) is 11.4. The van der Waals surface area contributed by atoms with Crippen molar-refractivity contribution in [1.29, 1.82) is 0 Å². The Kier molecular flexibility index (Phi) is 3.71. The van der Waals surface area contributed by atoms with Gasteiger partial charge in [-0.25, -0.2) is 0 Å². The number of ether oxygens (including phenoxy) is 1. The first-order chi connectivity index (χ1) is 7.16. The third-order valence-electron chi connectivity index (χ3n) is 4.24. The Bertz CT molecular complexity index is 194. The van der Waals surface area contributed by atoms with Crippen molar-refractivity contribution in [2.24, 2.45) is 11.3 Å². The third kappa shape index (κ3) is 4.14. The third-order valence-corrected chi connectivity index (χ3v) is 4.24. The monoisotopic (exact) mass is 210 g/mol. The summed E-state index contributed by atoms with van der Waals surface area (Å²) in [6.45, 7) is 5.92. The molecule has 0 radical (unpaired) electrons. The van der Waals surface area contributed by atoms with Crippen molar-refractivity contribution in [3.63, 3.8) is 0 Å². The number of rotatable bonds is 4. The van der Waals surface area contributed by atoms with E-state index in [4.69, 9.17) is 4.74 Å². The van der Waals surface area contributed by atoms with Crippen molar-refractivity contribution in [2.45, 2.75) is 71.3 Å². The summed E-state index contributed by atoms with van der Waals surface area (Å²) in [6, 6.07) is 0. The highest BCUT2D eigenvalue weighted by Gasteiger charge is 2.25. The first-order valence-corrected chi connectivity index (χ1v) is 6.77. The minimum absolute atomic E-state index is 0.619. The second kappa shape index (κ2) is 4.86. The van der Waals surface area contributed by atoms with Gasteiger partial charge in [-0.3, -0.25) is 0 Å². The molecular formula is C14H26O. The fourth-order valence-electron chi connectivity index (χ4n) is 2.89. The molecule has 0 amide bonds. The molecule has 0 aromatic heterocycles. The fourth-order valence-corrected chi connectivity index (χ4v) is 2.89. The van der Waals surface area contributed by atoms with Gasteiger partial charge < -0.3 is 4.74 Å². The van der Waals surface area contributed by atoms with Crippen molar-refractivity contribution < 1.29 is 4.74 Å². The highest BCUT2D eigenvalue weighted by atomic mass is 16.6. The Balaban J connectivity index is 1.64. The van der Waals surface area contributed by atoms with Gasteiger partial charge in [-0.1, -0.05) is 39.5 Å². The van der Waals surface area contributed by atoms with Crippen molar-refractivity contribution in [3.8, 4) is 0 Å². The molecule has 2 aliphatic rings. The van der Waals surface area contributed by atoms with E-state index in [1.807, 2.05) is 0 Å². The van der Waals surface area contributed by atoms with Crippen molar-refractivity contribution >= 4 is 0 Å². The van der Waals surface area contributed by atoms with E-state index in [0.717, 1.165) is 12.5 Å². The smallest absolute Gasteiger partial charge is 0.0810 e. The maximum Gasteiger partial charge on any atom is 0.0810 e. The second-order valence-corrected chi connectivity index (χ2v) is 6.35. The molecule has 0 spiro atoms. The lowest BCUT2D eigenvalue weighted by Crippen LogP contribution is -2.09. The zero-order chi connectivity index (χ0) is 10.7. The van der Waals surface area contributed by atoms with E-state index in [1.54, 1.807) is 0 Å². The van der Waals surface area contributed by atoms with Crippen LogP contribution in [0.25, 0.3) is 0 Å². The first-order valence-electron chi connectivity index (χ1n) is 6.77. The van der Waals surface area contributed by atoms with Crippen LogP contribution in [0.5, 0.6) is 0 Å². The minimum Gasteiger partial charge on any atom is -0.373 e. The number of hydrogen-bond acceptors (Lipinski definition) is 1. The van der Waals surface area contributed by atoms with Gasteiger partial charge in [0.15, 0.2) is 0 Å². The largest absolute Gasteiger partial charge is 0.373 e. The SMILES string of the molecule is CC1(C)CCCC(CCCC2CO2)CC1. The van der Waals surface area contributed by atoms with Crippen LogP contribution in [0.2, 0.25) is 0 Å². The quantitative estimate of drug-likeness (QED) is 0.501. The molecule has 1 aliphatic heterocycles. The molecule has 0 aromatic rings. The van der Waals surface area contributed by atoms with E-state index in [1.165, 1.54) is 51.4 Å². The normalized spacial score (nSPS) is 34.8. The lowest BCUT2D eigenvalue weighted by atomic mass is 9.84. The van der Waals surface area contributed by atoms with Crippen LogP contribution in [0.15, 0.2) is 0 Å². The molecule has 0 aromatic carbocycles. The van der Waals surface area contributed by atoms with E-state index >= 15 is 0 Å². The van der Waals surface area contributed by atoms with Crippen LogP contribution in [-0.4, -0.2) is 12.7 Å². The molecule has 2 atom stereocenters. The molecule has 1 heterocycles. The van der Waals surface area contributed by atoms with Crippen LogP contribution in [-0.2, 0) is 4.74 Å². The Hall–Kier alpha value is -0.0400. The molecule has 1 aliphatic carbocycles. The molecule has 15 heavy (non-hydrogen) atoms. The average Bonchev–Trinajstić information content (AvgIpc) is 2.96. The van der Waals surface area contributed by atoms with Gasteiger partial charge in [0.05, 0.1) is 12.7 Å². The van der Waals surface area contributed by atoms with Crippen LogP contribution in [0, 0.1) is 11.3 Å². The summed E-state index contributed by atoms with van der Waals surface area (Å²) in [7, 11) is 0. The maximum atomic E-state index is 5.26. The Labute approximate surface area is 94.6 Å². The highest BCUT2D eigenvalue weighted by Crippen LogP contribution is 2.37. The molecular weight excluding hydrogens is 184 g/mol. The lowest BCUT2D eigenvalue weighted by Gasteiger charge is -2.21. The number of epoxide rings is 1. The van der Waals surface area contributed by atoms with E-state index in [2.05, 4.69) is 13.8 Å². The molecule has 0 N–H and O–H groups in total.